The number of rotatable bonds is 5. The second kappa shape index (κ2) is 11.3. The van der Waals surface area contributed by atoms with E-state index in [1.807, 2.05) is 6.07 Å². The zero-order chi connectivity index (χ0) is 28.3. The molecule has 0 saturated heterocycles. The number of aromatic nitrogens is 1. The highest BCUT2D eigenvalue weighted by Gasteiger charge is 2.20. The smallest absolute Gasteiger partial charge is 0.213 e. The van der Waals surface area contributed by atoms with E-state index in [1.54, 1.807) is 0 Å². The summed E-state index contributed by atoms with van der Waals surface area (Å²) < 4.78 is 33.8. The highest BCUT2D eigenvalue weighted by atomic mass is 32.2. The third kappa shape index (κ3) is 5.67. The van der Waals surface area contributed by atoms with Gasteiger partial charge < -0.3 is 19.7 Å². The van der Waals surface area contributed by atoms with Crippen molar-refractivity contribution in [3.8, 4) is 22.6 Å². The number of para-hydroxylation sites is 2. The Morgan fingerprint density at radius 1 is 0.821 bits per heavy atom. The molecule has 1 aromatic heterocycles. The summed E-state index contributed by atoms with van der Waals surface area (Å²) >= 11 is 0. The lowest BCUT2D eigenvalue weighted by Crippen LogP contribution is -2.30. The maximum atomic E-state index is 10.9. The van der Waals surface area contributed by atoms with Gasteiger partial charge in [0.25, 0.3) is 0 Å². The van der Waals surface area contributed by atoms with Gasteiger partial charge in [0.1, 0.15) is 28.7 Å². The third-order valence-electron chi connectivity index (χ3n) is 6.89. The van der Waals surface area contributed by atoms with Gasteiger partial charge in [0.05, 0.1) is 15.7 Å². The van der Waals surface area contributed by atoms with Crippen molar-refractivity contribution < 1.29 is 27.8 Å². The van der Waals surface area contributed by atoms with Crippen LogP contribution in [0.1, 0.15) is 19.4 Å². The van der Waals surface area contributed by atoms with Crippen molar-refractivity contribution in [2.75, 3.05) is 18.0 Å². The summed E-state index contributed by atoms with van der Waals surface area (Å²) in [5.41, 5.74) is 5.65. The van der Waals surface area contributed by atoms with E-state index < -0.39 is 10.1 Å². The molecular formula is C31H32N2O5S. The van der Waals surface area contributed by atoms with Crippen LogP contribution in [0.4, 0.5) is 5.69 Å². The molecule has 0 bridgehead atoms. The van der Waals surface area contributed by atoms with Crippen LogP contribution in [0.5, 0.6) is 11.5 Å². The summed E-state index contributed by atoms with van der Waals surface area (Å²) in [4.78, 5) is 1.87. The van der Waals surface area contributed by atoms with Gasteiger partial charge in [0.15, 0.2) is 0 Å². The third-order valence-corrected chi connectivity index (χ3v) is 7.87. The lowest BCUT2D eigenvalue weighted by atomic mass is 9.94. The van der Waals surface area contributed by atoms with Gasteiger partial charge in [-0.05, 0) is 62.7 Å². The minimum absolute atomic E-state index is 0.227. The Bertz CT molecular complexity index is 1710. The van der Waals surface area contributed by atoms with Crippen molar-refractivity contribution in [3.63, 3.8) is 0 Å². The summed E-state index contributed by atoms with van der Waals surface area (Å²) in [7, 11) is -2.37. The Hall–Kier alpha value is -4.14. The number of benzene rings is 4. The molecule has 0 saturated carbocycles. The number of phenolic OH excluding ortho intramolecular Hbond substituents is 2. The summed E-state index contributed by atoms with van der Waals surface area (Å²) in [6.45, 7) is 7.59. The predicted molar refractivity (Wildman–Crippen MR) is 154 cm³/mol. The number of anilines is 1. The highest BCUT2D eigenvalue weighted by Crippen LogP contribution is 2.40. The molecule has 0 aliphatic heterocycles. The molecule has 0 unspecified atom stereocenters. The molecule has 0 aliphatic carbocycles. The van der Waals surface area contributed by atoms with Gasteiger partial charge in [0.2, 0.25) is 11.0 Å². The van der Waals surface area contributed by atoms with Crippen LogP contribution >= 0.6 is 0 Å². The summed E-state index contributed by atoms with van der Waals surface area (Å²) in [5.74, 6) is 0.0959. The number of pyridine rings is 1. The Morgan fingerprint density at radius 3 is 1.87 bits per heavy atom. The number of hydrogen-bond donors (Lipinski definition) is 2. The Kier molecular flexibility index (Phi) is 8.09. The van der Waals surface area contributed by atoms with Crippen molar-refractivity contribution in [1.29, 1.82) is 0 Å². The molecule has 8 heteroatoms. The molecule has 0 amide bonds. The van der Waals surface area contributed by atoms with E-state index in [9.17, 15) is 18.1 Å². The topological polar surface area (TPSA) is 105 Å². The highest BCUT2D eigenvalue weighted by molar-refractivity contribution is 7.85. The van der Waals surface area contributed by atoms with Crippen LogP contribution in [-0.4, -0.2) is 36.3 Å². The maximum Gasteiger partial charge on any atom is 0.213 e. The SMILES string of the molecule is CCN(CC)c1ccc(-c2c3ccccc3[n+](C)c3ccccc23)c(O)c1.Cc1ccc(O)cc1S(=O)(=O)[O-]. The number of aryl methyl sites for hydroxylation is 2. The average molecular weight is 545 g/mol. The molecule has 0 radical (unpaired) electrons. The maximum absolute atomic E-state index is 10.9. The molecule has 2 N–H and O–H groups in total. The van der Waals surface area contributed by atoms with Gasteiger partial charge in [-0.15, -0.1) is 0 Å². The number of nitrogens with zero attached hydrogens (tertiary/aromatic N) is 2. The standard InChI is InChI=1S/C24H24N2O.C7H8O4S/c1-4-26(5-2)17-14-15-20(23(27)16-17)24-18-10-6-8-12-21(18)25(3)22-13-9-7-11-19(22)24;1-5-2-3-6(8)4-7(5)12(9,10)11/h6-16H,4-5H2,1-3H3;2-4,8H,1H3,(H,9,10,11). The molecule has 39 heavy (non-hydrogen) atoms. The van der Waals surface area contributed by atoms with Crippen molar-refractivity contribution in [3.05, 3.63) is 90.5 Å². The van der Waals surface area contributed by atoms with E-state index in [4.69, 9.17) is 5.11 Å². The first-order chi connectivity index (χ1) is 18.6. The van der Waals surface area contributed by atoms with Crippen LogP contribution < -0.4 is 9.47 Å². The zero-order valence-corrected chi connectivity index (χ0v) is 23.2. The first kappa shape index (κ1) is 27.9. The molecule has 0 aliphatic rings. The molecule has 7 nitrogen and oxygen atoms in total. The first-order valence-electron chi connectivity index (χ1n) is 12.7. The number of fused-ring (bicyclic) bond motifs is 2. The molecule has 0 atom stereocenters. The summed E-state index contributed by atoms with van der Waals surface area (Å²) in [5, 5.41) is 22.1. The number of phenols is 2. The Balaban J connectivity index is 0.000000247. The molecule has 1 heterocycles. The Morgan fingerprint density at radius 2 is 1.38 bits per heavy atom. The molecule has 5 rings (SSSR count). The second-order valence-corrected chi connectivity index (χ2v) is 10.6. The van der Waals surface area contributed by atoms with Crippen LogP contribution in [0, 0.1) is 6.92 Å². The molecule has 202 valence electrons. The van der Waals surface area contributed by atoms with Crippen molar-refractivity contribution in [1.82, 2.24) is 0 Å². The van der Waals surface area contributed by atoms with E-state index in [2.05, 4.69) is 91.0 Å². The summed E-state index contributed by atoms with van der Waals surface area (Å²) in [6, 6.07) is 26.5. The second-order valence-electron chi connectivity index (χ2n) is 9.25. The predicted octanol–water partition coefficient (Wildman–Crippen LogP) is 5.64. The Labute approximate surface area is 229 Å². The molecule has 0 fully saturated rings. The van der Waals surface area contributed by atoms with Crippen molar-refractivity contribution in [2.45, 2.75) is 25.7 Å². The number of hydrogen-bond acceptors (Lipinski definition) is 6. The van der Waals surface area contributed by atoms with Gasteiger partial charge in [0, 0.05) is 48.1 Å². The van der Waals surface area contributed by atoms with Crippen molar-refractivity contribution in [2.24, 2.45) is 7.05 Å². The van der Waals surface area contributed by atoms with Gasteiger partial charge in [-0.1, -0.05) is 30.3 Å². The van der Waals surface area contributed by atoms with Crippen LogP contribution in [0.2, 0.25) is 0 Å². The van der Waals surface area contributed by atoms with Crippen LogP contribution in [-0.2, 0) is 17.2 Å². The summed E-state index contributed by atoms with van der Waals surface area (Å²) in [6.07, 6.45) is 0. The van der Waals surface area contributed by atoms with Crippen molar-refractivity contribution >= 4 is 37.6 Å². The fraction of sp³-hybridized carbons (Fsp3) is 0.194. The lowest BCUT2D eigenvalue weighted by Gasteiger charge is -2.22. The van der Waals surface area contributed by atoms with E-state index in [0.717, 1.165) is 57.8 Å². The van der Waals surface area contributed by atoms with Gasteiger partial charge in [-0.2, -0.15) is 4.57 Å². The fourth-order valence-corrected chi connectivity index (χ4v) is 5.62. The van der Waals surface area contributed by atoms with E-state index in [-0.39, 0.29) is 10.6 Å². The van der Waals surface area contributed by atoms with E-state index in [1.165, 1.54) is 19.1 Å². The zero-order valence-electron chi connectivity index (χ0n) is 22.4. The minimum atomic E-state index is -4.47. The fourth-order valence-electron chi connectivity index (χ4n) is 4.90. The van der Waals surface area contributed by atoms with Crippen LogP contribution in [0.3, 0.4) is 0 Å². The van der Waals surface area contributed by atoms with Crippen LogP contribution in [0.15, 0.2) is 89.8 Å². The van der Waals surface area contributed by atoms with Gasteiger partial charge in [-0.25, -0.2) is 8.42 Å². The first-order valence-corrected chi connectivity index (χ1v) is 14.1. The minimum Gasteiger partial charge on any atom is -0.744 e. The molecular weight excluding hydrogens is 512 g/mol. The molecule has 5 aromatic rings. The van der Waals surface area contributed by atoms with E-state index >= 15 is 0 Å². The normalized spacial score (nSPS) is 11.3. The largest absolute Gasteiger partial charge is 0.744 e. The lowest BCUT2D eigenvalue weighted by molar-refractivity contribution is -0.617. The van der Waals surface area contributed by atoms with Gasteiger partial charge >= 0.3 is 0 Å². The van der Waals surface area contributed by atoms with E-state index in [0.29, 0.717) is 11.3 Å². The average Bonchev–Trinajstić information content (AvgIpc) is 2.92. The quantitative estimate of drug-likeness (QED) is 0.169. The number of aromatic hydroxyl groups is 2. The molecule has 0 spiro atoms. The van der Waals surface area contributed by atoms with Crippen LogP contribution in [0.25, 0.3) is 32.9 Å². The monoisotopic (exact) mass is 544 g/mol. The van der Waals surface area contributed by atoms with Gasteiger partial charge in [-0.3, -0.25) is 0 Å². The molecule has 4 aromatic carbocycles.